The Balaban J connectivity index is 2.11. The maximum absolute atomic E-state index is 12.9. The van der Waals surface area contributed by atoms with E-state index in [0.29, 0.717) is 22.7 Å². The SMILES string of the molecule is C=C(C)c1cnc(-c2ccc3c(c2)nc(C(F)(F)F)n3C)o1. The molecule has 0 spiro atoms. The topological polar surface area (TPSA) is 43.9 Å². The second-order valence-corrected chi connectivity index (χ2v) is 5.01. The Kier molecular flexibility index (Phi) is 3.09. The van der Waals surface area contributed by atoms with Gasteiger partial charge in [0.25, 0.3) is 0 Å². The number of aromatic nitrogens is 3. The molecular formula is C15H12F3N3O. The van der Waals surface area contributed by atoms with Crippen LogP contribution in [0.3, 0.4) is 0 Å². The van der Waals surface area contributed by atoms with Gasteiger partial charge < -0.3 is 8.98 Å². The predicted octanol–water partition coefficient (Wildman–Crippen LogP) is 4.28. The normalized spacial score (nSPS) is 12.0. The average molecular weight is 307 g/mol. The van der Waals surface area contributed by atoms with Crippen LogP contribution in [0, 0.1) is 0 Å². The van der Waals surface area contributed by atoms with Crippen LogP contribution in [0.1, 0.15) is 18.5 Å². The maximum atomic E-state index is 12.9. The molecule has 0 fully saturated rings. The molecule has 0 radical (unpaired) electrons. The molecule has 0 atom stereocenters. The summed E-state index contributed by atoms with van der Waals surface area (Å²) in [5, 5.41) is 0. The third-order valence-corrected chi connectivity index (χ3v) is 3.31. The number of oxazole rings is 1. The molecular weight excluding hydrogens is 295 g/mol. The fourth-order valence-electron chi connectivity index (χ4n) is 2.19. The van der Waals surface area contributed by atoms with Crippen LogP contribution < -0.4 is 0 Å². The van der Waals surface area contributed by atoms with Gasteiger partial charge in [-0.25, -0.2) is 9.97 Å². The first-order valence-corrected chi connectivity index (χ1v) is 6.43. The van der Waals surface area contributed by atoms with Crippen molar-refractivity contribution in [1.29, 1.82) is 0 Å². The van der Waals surface area contributed by atoms with Crippen molar-refractivity contribution in [1.82, 2.24) is 14.5 Å². The lowest BCUT2D eigenvalue weighted by molar-refractivity contribution is -0.146. The van der Waals surface area contributed by atoms with Crippen LogP contribution >= 0.6 is 0 Å². The second-order valence-electron chi connectivity index (χ2n) is 5.01. The van der Waals surface area contributed by atoms with Crippen molar-refractivity contribution in [2.24, 2.45) is 7.05 Å². The van der Waals surface area contributed by atoms with E-state index in [1.165, 1.54) is 19.3 Å². The Labute approximate surface area is 123 Å². The Hall–Kier alpha value is -2.57. The van der Waals surface area contributed by atoms with Crippen LogP contribution in [-0.2, 0) is 13.2 Å². The van der Waals surface area contributed by atoms with Crippen molar-refractivity contribution in [3.05, 3.63) is 42.6 Å². The second kappa shape index (κ2) is 4.72. The van der Waals surface area contributed by atoms with E-state index in [9.17, 15) is 13.2 Å². The quantitative estimate of drug-likeness (QED) is 0.709. The molecule has 3 rings (SSSR count). The van der Waals surface area contributed by atoms with Gasteiger partial charge in [0, 0.05) is 12.6 Å². The number of imidazole rings is 1. The van der Waals surface area contributed by atoms with E-state index in [1.54, 1.807) is 19.1 Å². The van der Waals surface area contributed by atoms with Gasteiger partial charge in [-0.05, 0) is 30.7 Å². The zero-order valence-corrected chi connectivity index (χ0v) is 11.9. The molecule has 3 aromatic rings. The first-order valence-electron chi connectivity index (χ1n) is 6.43. The molecule has 22 heavy (non-hydrogen) atoms. The summed E-state index contributed by atoms with van der Waals surface area (Å²) >= 11 is 0. The number of hydrogen-bond acceptors (Lipinski definition) is 3. The molecule has 1 aromatic carbocycles. The van der Waals surface area contributed by atoms with E-state index in [4.69, 9.17) is 4.42 Å². The van der Waals surface area contributed by atoms with Crippen molar-refractivity contribution >= 4 is 16.6 Å². The molecule has 7 heteroatoms. The summed E-state index contributed by atoms with van der Waals surface area (Å²) in [7, 11) is 1.34. The van der Waals surface area contributed by atoms with E-state index >= 15 is 0 Å². The van der Waals surface area contributed by atoms with Crippen LogP contribution in [-0.4, -0.2) is 14.5 Å². The number of alkyl halides is 3. The highest BCUT2D eigenvalue weighted by atomic mass is 19.4. The minimum absolute atomic E-state index is 0.238. The summed E-state index contributed by atoms with van der Waals surface area (Å²) in [5.74, 6) is -0.0825. The molecule has 4 nitrogen and oxygen atoms in total. The van der Waals surface area contributed by atoms with Crippen molar-refractivity contribution in [3.63, 3.8) is 0 Å². The molecule has 0 aliphatic heterocycles. The molecule has 0 saturated carbocycles. The van der Waals surface area contributed by atoms with Gasteiger partial charge in [-0.3, -0.25) is 0 Å². The number of rotatable bonds is 2. The molecule has 0 bridgehead atoms. The number of allylic oxidation sites excluding steroid dienone is 1. The molecule has 2 aromatic heterocycles. The first-order chi connectivity index (χ1) is 10.3. The van der Waals surface area contributed by atoms with E-state index < -0.39 is 12.0 Å². The highest BCUT2D eigenvalue weighted by Gasteiger charge is 2.36. The standard InChI is InChI=1S/C15H12F3N3O/c1-8(2)12-7-19-13(22-12)9-4-5-11-10(6-9)20-14(21(11)3)15(16,17)18/h4-7H,1H2,2-3H3. The molecule has 0 amide bonds. The van der Waals surface area contributed by atoms with Crippen molar-refractivity contribution in [3.8, 4) is 11.5 Å². The highest BCUT2D eigenvalue weighted by Crippen LogP contribution is 2.32. The Morgan fingerprint density at radius 3 is 2.64 bits per heavy atom. The Morgan fingerprint density at radius 2 is 2.05 bits per heavy atom. The summed E-state index contributed by atoms with van der Waals surface area (Å²) in [6.45, 7) is 5.53. The van der Waals surface area contributed by atoms with Gasteiger partial charge in [0.05, 0.1) is 17.2 Å². The number of aryl methyl sites for hydroxylation is 1. The highest BCUT2D eigenvalue weighted by molar-refractivity contribution is 5.81. The van der Waals surface area contributed by atoms with Gasteiger partial charge in [0.1, 0.15) is 5.76 Å². The fourth-order valence-corrected chi connectivity index (χ4v) is 2.19. The van der Waals surface area contributed by atoms with Crippen molar-refractivity contribution in [2.75, 3.05) is 0 Å². The molecule has 0 unspecified atom stereocenters. The van der Waals surface area contributed by atoms with Crippen molar-refractivity contribution in [2.45, 2.75) is 13.1 Å². The number of halogens is 3. The van der Waals surface area contributed by atoms with Gasteiger partial charge in [-0.1, -0.05) is 6.58 Å². The first kappa shape index (κ1) is 14.4. The molecule has 0 aliphatic carbocycles. The lowest BCUT2D eigenvalue weighted by Crippen LogP contribution is -2.12. The summed E-state index contributed by atoms with van der Waals surface area (Å²) in [4.78, 5) is 7.77. The summed E-state index contributed by atoms with van der Waals surface area (Å²) in [6, 6.07) is 4.74. The summed E-state index contributed by atoms with van der Waals surface area (Å²) in [5.41, 5.74) is 1.91. The molecule has 2 heterocycles. The molecule has 0 N–H and O–H groups in total. The van der Waals surface area contributed by atoms with Crippen molar-refractivity contribution < 1.29 is 17.6 Å². The number of benzene rings is 1. The Morgan fingerprint density at radius 1 is 1.32 bits per heavy atom. The van der Waals surface area contributed by atoms with Gasteiger partial charge in [0.2, 0.25) is 11.7 Å². The minimum Gasteiger partial charge on any atom is -0.437 e. The Bertz CT molecular complexity index is 874. The average Bonchev–Trinajstić information content (AvgIpc) is 3.03. The lowest BCUT2D eigenvalue weighted by atomic mass is 10.2. The van der Waals surface area contributed by atoms with Crippen LogP contribution in [0.15, 0.2) is 35.4 Å². The largest absolute Gasteiger partial charge is 0.449 e. The number of fused-ring (bicyclic) bond motifs is 1. The monoisotopic (exact) mass is 307 g/mol. The van der Waals surface area contributed by atoms with Gasteiger partial charge in [0.15, 0.2) is 0 Å². The van der Waals surface area contributed by atoms with Crippen LogP contribution in [0.4, 0.5) is 13.2 Å². The summed E-state index contributed by atoms with van der Waals surface area (Å²) < 4.78 is 45.2. The zero-order chi connectivity index (χ0) is 16.1. The van der Waals surface area contributed by atoms with Gasteiger partial charge in [-0.2, -0.15) is 13.2 Å². The van der Waals surface area contributed by atoms with E-state index in [1.807, 2.05) is 0 Å². The third-order valence-electron chi connectivity index (χ3n) is 3.31. The smallest absolute Gasteiger partial charge is 0.437 e. The van der Waals surface area contributed by atoms with Crippen LogP contribution in [0.5, 0.6) is 0 Å². The number of nitrogens with zero attached hydrogens (tertiary/aromatic N) is 3. The van der Waals surface area contributed by atoms with E-state index in [2.05, 4.69) is 16.5 Å². The number of hydrogen-bond donors (Lipinski definition) is 0. The zero-order valence-electron chi connectivity index (χ0n) is 11.9. The fraction of sp³-hybridized carbons (Fsp3) is 0.200. The van der Waals surface area contributed by atoms with Gasteiger partial charge >= 0.3 is 6.18 Å². The molecule has 0 saturated heterocycles. The predicted molar refractivity (Wildman–Crippen MR) is 75.9 cm³/mol. The van der Waals surface area contributed by atoms with E-state index in [-0.39, 0.29) is 5.52 Å². The van der Waals surface area contributed by atoms with Crippen LogP contribution in [0.25, 0.3) is 28.1 Å². The lowest BCUT2D eigenvalue weighted by Gasteiger charge is -2.05. The molecule has 114 valence electrons. The minimum atomic E-state index is -4.50. The maximum Gasteiger partial charge on any atom is 0.449 e. The van der Waals surface area contributed by atoms with Crippen LogP contribution in [0.2, 0.25) is 0 Å². The summed E-state index contributed by atoms with van der Waals surface area (Å²) in [6.07, 6.45) is -2.97. The molecule has 0 aliphatic rings. The van der Waals surface area contributed by atoms with Gasteiger partial charge in [-0.15, -0.1) is 0 Å². The van der Waals surface area contributed by atoms with E-state index in [0.717, 1.165) is 10.1 Å². The third kappa shape index (κ3) is 2.28.